The second kappa shape index (κ2) is 6.90. The standard InChI is InChI=1S/C21H17N3O5/c1-29-14-8-6-13(7-9-14)17-12-21(24(23-17)18(25)10-11-19(26)27)15-4-2-3-5-16(15)22-20(21)28/h2-11H,12H2,1H3,(H,22,28)(H,26,27)/b11-10+/t21-/m1/s1. The largest absolute Gasteiger partial charge is 0.497 e. The molecule has 0 aliphatic carbocycles. The number of benzene rings is 2. The highest BCUT2D eigenvalue weighted by molar-refractivity contribution is 6.15. The third-order valence-electron chi connectivity index (χ3n) is 5.00. The summed E-state index contributed by atoms with van der Waals surface area (Å²) in [5.74, 6) is -1.67. The molecule has 0 saturated carbocycles. The molecule has 0 bridgehead atoms. The first-order chi connectivity index (χ1) is 14.0. The summed E-state index contributed by atoms with van der Waals surface area (Å²) >= 11 is 0. The Labute approximate surface area is 166 Å². The van der Waals surface area contributed by atoms with E-state index in [2.05, 4.69) is 10.4 Å². The van der Waals surface area contributed by atoms with Crippen molar-refractivity contribution in [3.63, 3.8) is 0 Å². The van der Waals surface area contributed by atoms with Gasteiger partial charge in [-0.05, 0) is 35.9 Å². The molecule has 0 aromatic heterocycles. The maximum absolute atomic E-state index is 13.0. The van der Waals surface area contributed by atoms with E-state index in [0.717, 1.165) is 22.7 Å². The second-order valence-corrected chi connectivity index (χ2v) is 6.63. The molecule has 2 aliphatic rings. The topological polar surface area (TPSA) is 108 Å². The number of rotatable bonds is 4. The van der Waals surface area contributed by atoms with E-state index in [0.29, 0.717) is 22.7 Å². The molecule has 29 heavy (non-hydrogen) atoms. The minimum atomic E-state index is -1.37. The maximum atomic E-state index is 13.0. The van der Waals surface area contributed by atoms with Gasteiger partial charge in [-0.3, -0.25) is 9.59 Å². The monoisotopic (exact) mass is 391 g/mol. The zero-order chi connectivity index (χ0) is 20.6. The molecule has 8 heteroatoms. The van der Waals surface area contributed by atoms with Crippen LogP contribution in [0.2, 0.25) is 0 Å². The smallest absolute Gasteiger partial charge is 0.328 e. The fourth-order valence-electron chi connectivity index (χ4n) is 3.64. The van der Waals surface area contributed by atoms with Gasteiger partial charge in [0.15, 0.2) is 5.54 Å². The number of methoxy groups -OCH3 is 1. The lowest BCUT2D eigenvalue weighted by Crippen LogP contribution is -2.48. The van der Waals surface area contributed by atoms with E-state index in [1.807, 2.05) is 0 Å². The van der Waals surface area contributed by atoms with Crippen LogP contribution in [0.5, 0.6) is 5.75 Å². The predicted molar refractivity (Wildman–Crippen MR) is 105 cm³/mol. The Morgan fingerprint density at radius 2 is 1.90 bits per heavy atom. The fourth-order valence-corrected chi connectivity index (χ4v) is 3.64. The van der Waals surface area contributed by atoms with Gasteiger partial charge in [0.25, 0.3) is 11.8 Å². The molecule has 0 unspecified atom stereocenters. The van der Waals surface area contributed by atoms with Crippen molar-refractivity contribution >= 4 is 29.2 Å². The average molecular weight is 391 g/mol. The molecule has 2 aromatic rings. The molecule has 0 fully saturated rings. The fraction of sp³-hybridized carbons (Fsp3) is 0.143. The van der Waals surface area contributed by atoms with Crippen LogP contribution in [0.25, 0.3) is 0 Å². The van der Waals surface area contributed by atoms with E-state index in [1.54, 1.807) is 55.6 Å². The molecule has 2 N–H and O–H groups in total. The van der Waals surface area contributed by atoms with Gasteiger partial charge in [0.1, 0.15) is 5.75 Å². The molecule has 4 rings (SSSR count). The van der Waals surface area contributed by atoms with Crippen LogP contribution in [0.4, 0.5) is 5.69 Å². The molecule has 1 atom stereocenters. The zero-order valence-electron chi connectivity index (χ0n) is 15.5. The molecule has 2 aliphatic heterocycles. The minimum Gasteiger partial charge on any atom is -0.497 e. The van der Waals surface area contributed by atoms with E-state index < -0.39 is 17.4 Å². The Bertz CT molecular complexity index is 1070. The Morgan fingerprint density at radius 1 is 1.17 bits per heavy atom. The number of nitrogens with zero attached hydrogens (tertiary/aromatic N) is 2. The molecule has 146 valence electrons. The van der Waals surface area contributed by atoms with Gasteiger partial charge in [-0.2, -0.15) is 5.10 Å². The van der Waals surface area contributed by atoms with Crippen molar-refractivity contribution in [3.8, 4) is 5.75 Å². The summed E-state index contributed by atoms with van der Waals surface area (Å²) in [7, 11) is 1.56. The summed E-state index contributed by atoms with van der Waals surface area (Å²) in [6.07, 6.45) is 1.79. The van der Waals surface area contributed by atoms with Gasteiger partial charge in [-0.15, -0.1) is 0 Å². The van der Waals surface area contributed by atoms with Crippen molar-refractivity contribution in [2.75, 3.05) is 12.4 Å². The molecule has 8 nitrogen and oxygen atoms in total. The number of nitrogens with one attached hydrogen (secondary N) is 1. The number of carbonyl (C=O) groups is 3. The Balaban J connectivity index is 1.81. The predicted octanol–water partition coefficient (Wildman–Crippen LogP) is 2.12. The molecular weight excluding hydrogens is 374 g/mol. The van der Waals surface area contributed by atoms with Gasteiger partial charge in [0.2, 0.25) is 0 Å². The van der Waals surface area contributed by atoms with Gasteiger partial charge < -0.3 is 15.2 Å². The summed E-state index contributed by atoms with van der Waals surface area (Å²) in [5, 5.41) is 17.2. The lowest BCUT2D eigenvalue weighted by atomic mass is 9.85. The number of anilines is 1. The van der Waals surface area contributed by atoms with Crippen molar-refractivity contribution in [1.82, 2.24) is 5.01 Å². The van der Waals surface area contributed by atoms with Crippen LogP contribution in [0.3, 0.4) is 0 Å². The number of ether oxygens (including phenoxy) is 1. The van der Waals surface area contributed by atoms with Crippen LogP contribution >= 0.6 is 0 Å². The number of hydrogen-bond donors (Lipinski definition) is 2. The molecule has 2 aromatic carbocycles. The van der Waals surface area contributed by atoms with Gasteiger partial charge in [-0.25, -0.2) is 9.80 Å². The summed E-state index contributed by atoms with van der Waals surface area (Å²) in [6.45, 7) is 0. The van der Waals surface area contributed by atoms with Crippen molar-refractivity contribution in [2.24, 2.45) is 5.10 Å². The molecule has 1 spiro atoms. The molecule has 0 saturated heterocycles. The van der Waals surface area contributed by atoms with Crippen molar-refractivity contribution in [1.29, 1.82) is 0 Å². The quantitative estimate of drug-likeness (QED) is 0.776. The highest BCUT2D eigenvalue weighted by Gasteiger charge is 2.57. The average Bonchev–Trinajstić information content (AvgIpc) is 3.26. The number of hydrazone groups is 1. The van der Waals surface area contributed by atoms with Gasteiger partial charge in [-0.1, -0.05) is 18.2 Å². The first-order valence-corrected chi connectivity index (χ1v) is 8.84. The molecular formula is C21H17N3O5. The minimum absolute atomic E-state index is 0.162. The van der Waals surface area contributed by atoms with Crippen LogP contribution in [-0.2, 0) is 19.9 Å². The number of fused-ring (bicyclic) bond motifs is 2. The third-order valence-corrected chi connectivity index (χ3v) is 5.00. The second-order valence-electron chi connectivity index (χ2n) is 6.63. The Morgan fingerprint density at radius 3 is 2.59 bits per heavy atom. The lowest BCUT2D eigenvalue weighted by molar-refractivity contribution is -0.140. The van der Waals surface area contributed by atoms with Crippen molar-refractivity contribution in [3.05, 3.63) is 71.8 Å². The molecule has 2 heterocycles. The number of amides is 2. The summed E-state index contributed by atoms with van der Waals surface area (Å²) in [4.78, 5) is 36.7. The first-order valence-electron chi connectivity index (χ1n) is 8.84. The van der Waals surface area contributed by atoms with Crippen LogP contribution in [0, 0.1) is 0 Å². The SMILES string of the molecule is COc1ccc(C2=NN(C(=O)/C=C/C(=O)O)[C@@]3(C2)C(=O)Nc2ccccc23)cc1. The zero-order valence-corrected chi connectivity index (χ0v) is 15.5. The van der Waals surface area contributed by atoms with E-state index in [4.69, 9.17) is 9.84 Å². The Hall–Kier alpha value is -3.94. The van der Waals surface area contributed by atoms with Crippen LogP contribution in [0.1, 0.15) is 17.5 Å². The first kappa shape index (κ1) is 18.4. The maximum Gasteiger partial charge on any atom is 0.328 e. The highest BCUT2D eigenvalue weighted by Crippen LogP contribution is 2.47. The molecule has 0 radical (unpaired) electrons. The number of para-hydroxylation sites is 1. The van der Waals surface area contributed by atoms with Gasteiger partial charge in [0.05, 0.1) is 12.8 Å². The summed E-state index contributed by atoms with van der Waals surface area (Å²) < 4.78 is 5.17. The lowest BCUT2D eigenvalue weighted by Gasteiger charge is -2.29. The van der Waals surface area contributed by atoms with Gasteiger partial charge >= 0.3 is 5.97 Å². The van der Waals surface area contributed by atoms with Crippen LogP contribution in [-0.4, -0.2) is 40.7 Å². The van der Waals surface area contributed by atoms with Crippen LogP contribution in [0.15, 0.2) is 65.8 Å². The number of carbonyl (C=O) groups excluding carboxylic acids is 2. The Kier molecular flexibility index (Phi) is 4.38. The number of hydrogen-bond acceptors (Lipinski definition) is 5. The number of carboxylic acids is 1. The highest BCUT2D eigenvalue weighted by atomic mass is 16.5. The van der Waals surface area contributed by atoms with E-state index in [9.17, 15) is 14.4 Å². The normalized spacial score (nSPS) is 20.0. The number of carboxylic acid groups (broad SMARTS) is 1. The van der Waals surface area contributed by atoms with Gasteiger partial charge in [0, 0.05) is 29.8 Å². The van der Waals surface area contributed by atoms with Crippen molar-refractivity contribution in [2.45, 2.75) is 12.0 Å². The summed E-state index contributed by atoms with van der Waals surface area (Å²) in [6, 6.07) is 14.2. The van der Waals surface area contributed by atoms with E-state index in [-0.39, 0.29) is 12.3 Å². The van der Waals surface area contributed by atoms with Crippen molar-refractivity contribution < 1.29 is 24.2 Å². The van der Waals surface area contributed by atoms with Crippen LogP contribution < -0.4 is 10.1 Å². The summed E-state index contributed by atoms with van der Waals surface area (Å²) in [5.41, 5.74) is 1.13. The third kappa shape index (κ3) is 2.94. The van der Waals surface area contributed by atoms with E-state index >= 15 is 0 Å². The van der Waals surface area contributed by atoms with E-state index in [1.165, 1.54) is 0 Å². The number of aliphatic carboxylic acids is 1. The molecule has 2 amide bonds.